The molecular weight excluding hydrogens is 267 g/mol. The monoisotopic (exact) mass is 288 g/mol. The summed E-state index contributed by atoms with van der Waals surface area (Å²) in [6, 6.07) is 3.80. The van der Waals surface area contributed by atoms with Gasteiger partial charge in [-0.1, -0.05) is 19.4 Å². The summed E-state index contributed by atoms with van der Waals surface area (Å²) in [6.07, 6.45) is 1.65. The number of benzene rings is 1. The summed E-state index contributed by atoms with van der Waals surface area (Å²) in [7, 11) is -3.68. The molecular formula is C13H21FN2O2S. The van der Waals surface area contributed by atoms with Crippen LogP contribution in [-0.2, 0) is 10.0 Å². The molecule has 6 heteroatoms. The van der Waals surface area contributed by atoms with Gasteiger partial charge in [0.15, 0.2) is 0 Å². The lowest BCUT2D eigenvalue weighted by Gasteiger charge is -2.22. The van der Waals surface area contributed by atoms with Crippen LogP contribution in [0, 0.1) is 12.7 Å². The van der Waals surface area contributed by atoms with E-state index in [4.69, 9.17) is 5.73 Å². The maximum atomic E-state index is 13.3. The van der Waals surface area contributed by atoms with Gasteiger partial charge in [0, 0.05) is 19.6 Å². The van der Waals surface area contributed by atoms with Crippen LogP contribution in [0.3, 0.4) is 0 Å². The van der Waals surface area contributed by atoms with Crippen LogP contribution in [0.4, 0.5) is 4.39 Å². The fourth-order valence-corrected chi connectivity index (χ4v) is 3.55. The Morgan fingerprint density at radius 2 is 2.00 bits per heavy atom. The first kappa shape index (κ1) is 16.1. The van der Waals surface area contributed by atoms with Gasteiger partial charge in [-0.3, -0.25) is 0 Å². The van der Waals surface area contributed by atoms with Crippen molar-refractivity contribution in [2.75, 3.05) is 19.6 Å². The van der Waals surface area contributed by atoms with Gasteiger partial charge in [-0.15, -0.1) is 0 Å². The minimum atomic E-state index is -3.68. The highest BCUT2D eigenvalue weighted by Crippen LogP contribution is 2.21. The molecule has 0 aliphatic heterocycles. The van der Waals surface area contributed by atoms with Gasteiger partial charge in [-0.05, 0) is 31.0 Å². The molecule has 0 aromatic heterocycles. The number of hydrogen-bond acceptors (Lipinski definition) is 3. The number of hydrogen-bond donors (Lipinski definition) is 1. The minimum absolute atomic E-state index is 0.0250. The van der Waals surface area contributed by atoms with Crippen molar-refractivity contribution in [2.45, 2.75) is 31.6 Å². The van der Waals surface area contributed by atoms with Crippen LogP contribution >= 0.6 is 0 Å². The number of unbranched alkanes of at least 4 members (excludes halogenated alkanes) is 1. The Morgan fingerprint density at radius 1 is 1.32 bits per heavy atom. The van der Waals surface area contributed by atoms with Crippen LogP contribution in [0.25, 0.3) is 0 Å². The summed E-state index contributed by atoms with van der Waals surface area (Å²) < 4.78 is 39.6. The standard InChI is InChI=1S/C13H21FN2O2S/c1-3-4-8-16(9-7-15)19(17,18)13-10-12(14)6-5-11(13)2/h5-6,10H,3-4,7-9,15H2,1-2H3. The van der Waals surface area contributed by atoms with Crippen LogP contribution in [0.5, 0.6) is 0 Å². The molecule has 1 aromatic rings. The predicted molar refractivity (Wildman–Crippen MR) is 73.9 cm³/mol. The zero-order valence-electron chi connectivity index (χ0n) is 11.4. The molecule has 0 bridgehead atoms. The molecule has 108 valence electrons. The average Bonchev–Trinajstić information content (AvgIpc) is 2.37. The highest BCUT2D eigenvalue weighted by atomic mass is 32.2. The Hall–Kier alpha value is -0.980. The molecule has 0 spiro atoms. The van der Waals surface area contributed by atoms with Crippen LogP contribution in [-0.4, -0.2) is 32.4 Å². The SMILES string of the molecule is CCCCN(CCN)S(=O)(=O)c1cc(F)ccc1C. The van der Waals surface area contributed by atoms with E-state index in [1.807, 2.05) is 6.92 Å². The fourth-order valence-electron chi connectivity index (χ4n) is 1.82. The van der Waals surface area contributed by atoms with E-state index in [9.17, 15) is 12.8 Å². The molecule has 0 saturated carbocycles. The highest BCUT2D eigenvalue weighted by Gasteiger charge is 2.25. The minimum Gasteiger partial charge on any atom is -0.329 e. The van der Waals surface area contributed by atoms with Gasteiger partial charge in [-0.25, -0.2) is 12.8 Å². The van der Waals surface area contributed by atoms with Gasteiger partial charge in [-0.2, -0.15) is 4.31 Å². The summed E-state index contributed by atoms with van der Waals surface area (Å²) in [4.78, 5) is 0.0250. The first-order valence-electron chi connectivity index (χ1n) is 6.39. The molecule has 0 unspecified atom stereocenters. The number of sulfonamides is 1. The van der Waals surface area contributed by atoms with E-state index >= 15 is 0 Å². The van der Waals surface area contributed by atoms with E-state index < -0.39 is 15.8 Å². The molecule has 1 aromatic carbocycles. The first-order valence-corrected chi connectivity index (χ1v) is 7.83. The summed E-state index contributed by atoms with van der Waals surface area (Å²) in [5, 5.41) is 0. The summed E-state index contributed by atoms with van der Waals surface area (Å²) in [6.45, 7) is 4.55. The molecule has 0 aliphatic carbocycles. The van der Waals surface area contributed by atoms with E-state index in [1.54, 1.807) is 6.92 Å². The molecule has 0 radical (unpaired) electrons. The summed E-state index contributed by atoms with van der Waals surface area (Å²) in [5.41, 5.74) is 6.01. The van der Waals surface area contributed by atoms with E-state index in [2.05, 4.69) is 0 Å². The zero-order chi connectivity index (χ0) is 14.5. The number of aryl methyl sites for hydroxylation is 1. The third-order valence-corrected chi connectivity index (χ3v) is 4.95. The van der Waals surface area contributed by atoms with Gasteiger partial charge < -0.3 is 5.73 Å². The van der Waals surface area contributed by atoms with Gasteiger partial charge in [0.25, 0.3) is 0 Å². The molecule has 2 N–H and O–H groups in total. The van der Waals surface area contributed by atoms with Crippen molar-refractivity contribution in [1.29, 1.82) is 0 Å². The van der Waals surface area contributed by atoms with Crippen molar-refractivity contribution >= 4 is 10.0 Å². The number of rotatable bonds is 7. The largest absolute Gasteiger partial charge is 0.329 e. The molecule has 0 heterocycles. The number of nitrogens with zero attached hydrogens (tertiary/aromatic N) is 1. The second-order valence-corrected chi connectivity index (χ2v) is 6.36. The Bertz CT molecular complexity index is 517. The molecule has 0 saturated heterocycles. The molecule has 0 atom stereocenters. The summed E-state index contributed by atoms with van der Waals surface area (Å²) >= 11 is 0. The molecule has 4 nitrogen and oxygen atoms in total. The van der Waals surface area contributed by atoms with Gasteiger partial charge in [0.2, 0.25) is 10.0 Å². The molecule has 0 amide bonds. The van der Waals surface area contributed by atoms with Crippen LogP contribution in [0.1, 0.15) is 25.3 Å². The normalized spacial score (nSPS) is 12.1. The second kappa shape index (κ2) is 6.98. The van der Waals surface area contributed by atoms with Crippen LogP contribution in [0.15, 0.2) is 23.1 Å². The van der Waals surface area contributed by atoms with Crippen molar-refractivity contribution in [3.63, 3.8) is 0 Å². The first-order chi connectivity index (χ1) is 8.93. The van der Waals surface area contributed by atoms with Gasteiger partial charge in [0.05, 0.1) is 4.90 Å². The predicted octanol–water partition coefficient (Wildman–Crippen LogP) is 1.88. The van der Waals surface area contributed by atoms with Crippen LogP contribution < -0.4 is 5.73 Å². The Balaban J connectivity index is 3.14. The molecule has 0 fully saturated rings. The van der Waals surface area contributed by atoms with Crippen LogP contribution in [0.2, 0.25) is 0 Å². The van der Waals surface area contributed by atoms with E-state index in [0.29, 0.717) is 12.1 Å². The topological polar surface area (TPSA) is 63.4 Å². The van der Waals surface area contributed by atoms with Crippen molar-refractivity contribution < 1.29 is 12.8 Å². The third kappa shape index (κ3) is 3.99. The smallest absolute Gasteiger partial charge is 0.243 e. The van der Waals surface area contributed by atoms with Crippen molar-refractivity contribution in [2.24, 2.45) is 5.73 Å². The maximum Gasteiger partial charge on any atom is 0.243 e. The van der Waals surface area contributed by atoms with E-state index in [0.717, 1.165) is 18.9 Å². The fraction of sp³-hybridized carbons (Fsp3) is 0.538. The zero-order valence-corrected chi connectivity index (χ0v) is 12.2. The number of halogens is 1. The van der Waals surface area contributed by atoms with Gasteiger partial charge in [0.1, 0.15) is 5.82 Å². The second-order valence-electron chi connectivity index (χ2n) is 4.46. The summed E-state index contributed by atoms with van der Waals surface area (Å²) in [5.74, 6) is -0.549. The van der Waals surface area contributed by atoms with E-state index in [-0.39, 0.29) is 18.0 Å². The Morgan fingerprint density at radius 3 is 2.58 bits per heavy atom. The Kier molecular flexibility index (Phi) is 5.90. The lowest BCUT2D eigenvalue weighted by Crippen LogP contribution is -2.36. The van der Waals surface area contributed by atoms with Gasteiger partial charge >= 0.3 is 0 Å². The maximum absolute atomic E-state index is 13.3. The lowest BCUT2D eigenvalue weighted by molar-refractivity contribution is 0.409. The quantitative estimate of drug-likeness (QED) is 0.833. The molecule has 19 heavy (non-hydrogen) atoms. The lowest BCUT2D eigenvalue weighted by atomic mass is 10.2. The number of nitrogens with two attached hydrogens (primary N) is 1. The highest BCUT2D eigenvalue weighted by molar-refractivity contribution is 7.89. The molecule has 0 aliphatic rings. The van der Waals surface area contributed by atoms with Crippen molar-refractivity contribution in [3.05, 3.63) is 29.6 Å². The van der Waals surface area contributed by atoms with Crippen molar-refractivity contribution in [1.82, 2.24) is 4.31 Å². The Labute approximate surface area is 114 Å². The van der Waals surface area contributed by atoms with Crippen molar-refractivity contribution in [3.8, 4) is 0 Å². The average molecular weight is 288 g/mol. The third-order valence-electron chi connectivity index (χ3n) is 2.91. The van der Waals surface area contributed by atoms with E-state index in [1.165, 1.54) is 16.4 Å². The molecule has 1 rings (SSSR count).